The predicted octanol–water partition coefficient (Wildman–Crippen LogP) is 4.43. The summed E-state index contributed by atoms with van der Waals surface area (Å²) in [6, 6.07) is 10.7. The second-order valence-electron chi connectivity index (χ2n) is 6.26. The minimum absolute atomic E-state index is 0.0367. The van der Waals surface area contributed by atoms with Gasteiger partial charge in [-0.15, -0.1) is 0 Å². The Morgan fingerprint density at radius 2 is 1.75 bits per heavy atom. The van der Waals surface area contributed by atoms with Crippen LogP contribution < -0.4 is 5.32 Å². The molecule has 0 aromatic heterocycles. The van der Waals surface area contributed by atoms with Crippen LogP contribution in [-0.4, -0.2) is 24.6 Å². The zero-order chi connectivity index (χ0) is 20.7. The first kappa shape index (κ1) is 21.4. The minimum atomic E-state index is -4.51. The quantitative estimate of drug-likeness (QED) is 0.705. The highest BCUT2D eigenvalue weighted by Gasteiger charge is 2.30. The average molecular weight is 395 g/mol. The third-order valence-electron chi connectivity index (χ3n) is 3.58. The molecule has 2 aromatic carbocycles. The standard InChI is InChI=1S/C20H20F3NO4/c1-13(2)27-11-14-6-8-15(9-7-14)19(26)28-12-18(25)24-17-5-3-4-16(10-17)20(21,22)23/h3-10,13H,11-12H2,1-2H3,(H,24,25). The van der Waals surface area contributed by atoms with Crippen LogP contribution in [0.4, 0.5) is 18.9 Å². The van der Waals surface area contributed by atoms with Crippen molar-refractivity contribution in [3.8, 4) is 0 Å². The number of benzene rings is 2. The lowest BCUT2D eigenvalue weighted by atomic mass is 10.1. The van der Waals surface area contributed by atoms with Crippen LogP contribution in [0.1, 0.15) is 35.3 Å². The van der Waals surface area contributed by atoms with E-state index in [9.17, 15) is 22.8 Å². The molecule has 1 amide bonds. The van der Waals surface area contributed by atoms with Gasteiger partial charge in [0.05, 0.1) is 23.8 Å². The lowest BCUT2D eigenvalue weighted by Crippen LogP contribution is -2.21. The molecule has 0 radical (unpaired) electrons. The monoisotopic (exact) mass is 395 g/mol. The first-order chi connectivity index (χ1) is 13.1. The van der Waals surface area contributed by atoms with E-state index in [1.807, 2.05) is 13.8 Å². The average Bonchev–Trinajstić information content (AvgIpc) is 2.64. The van der Waals surface area contributed by atoms with E-state index in [2.05, 4.69) is 5.32 Å². The molecule has 0 spiro atoms. The number of nitrogens with one attached hydrogen (secondary N) is 1. The summed E-state index contributed by atoms with van der Waals surface area (Å²) >= 11 is 0. The number of hydrogen-bond donors (Lipinski definition) is 1. The van der Waals surface area contributed by atoms with Crippen LogP contribution in [0, 0.1) is 0 Å². The van der Waals surface area contributed by atoms with E-state index < -0.39 is 30.2 Å². The molecule has 0 bridgehead atoms. The summed E-state index contributed by atoms with van der Waals surface area (Å²) in [4.78, 5) is 23.8. The topological polar surface area (TPSA) is 64.6 Å². The van der Waals surface area contributed by atoms with Gasteiger partial charge in [-0.05, 0) is 49.7 Å². The maximum atomic E-state index is 12.7. The number of anilines is 1. The maximum Gasteiger partial charge on any atom is 0.416 e. The Hall–Kier alpha value is -2.87. The molecule has 1 N–H and O–H groups in total. The van der Waals surface area contributed by atoms with Gasteiger partial charge < -0.3 is 14.8 Å². The van der Waals surface area contributed by atoms with Crippen molar-refractivity contribution in [2.45, 2.75) is 32.7 Å². The fourth-order valence-electron chi connectivity index (χ4n) is 2.18. The largest absolute Gasteiger partial charge is 0.452 e. The summed E-state index contributed by atoms with van der Waals surface area (Å²) in [6.07, 6.45) is -4.43. The zero-order valence-electron chi connectivity index (χ0n) is 15.4. The van der Waals surface area contributed by atoms with Gasteiger partial charge in [-0.2, -0.15) is 13.2 Å². The third-order valence-corrected chi connectivity index (χ3v) is 3.58. The fourth-order valence-corrected chi connectivity index (χ4v) is 2.18. The Morgan fingerprint density at radius 3 is 2.36 bits per heavy atom. The van der Waals surface area contributed by atoms with Crippen molar-refractivity contribution in [1.82, 2.24) is 0 Å². The van der Waals surface area contributed by atoms with E-state index in [1.54, 1.807) is 24.3 Å². The first-order valence-corrected chi connectivity index (χ1v) is 8.50. The van der Waals surface area contributed by atoms with Crippen LogP contribution >= 0.6 is 0 Å². The number of ether oxygens (including phenoxy) is 2. The van der Waals surface area contributed by atoms with Crippen LogP contribution in [0.25, 0.3) is 0 Å². The van der Waals surface area contributed by atoms with E-state index in [4.69, 9.17) is 9.47 Å². The van der Waals surface area contributed by atoms with E-state index >= 15 is 0 Å². The number of hydrogen-bond acceptors (Lipinski definition) is 4. The van der Waals surface area contributed by atoms with Gasteiger partial charge in [0.25, 0.3) is 5.91 Å². The molecule has 0 saturated carbocycles. The Kier molecular flexibility index (Phi) is 7.17. The van der Waals surface area contributed by atoms with E-state index in [1.165, 1.54) is 12.1 Å². The normalized spacial score (nSPS) is 11.4. The minimum Gasteiger partial charge on any atom is -0.452 e. The summed E-state index contributed by atoms with van der Waals surface area (Å²) < 4.78 is 48.4. The van der Waals surface area contributed by atoms with Gasteiger partial charge in [0.2, 0.25) is 0 Å². The van der Waals surface area contributed by atoms with Crippen molar-refractivity contribution in [2.24, 2.45) is 0 Å². The molecule has 8 heteroatoms. The molecule has 5 nitrogen and oxygen atoms in total. The van der Waals surface area contributed by atoms with Crippen molar-refractivity contribution in [3.63, 3.8) is 0 Å². The molecule has 2 aromatic rings. The summed E-state index contributed by atoms with van der Waals surface area (Å²) in [5.41, 5.74) is 0.210. The number of amides is 1. The summed E-state index contributed by atoms with van der Waals surface area (Å²) in [5, 5.41) is 2.26. The number of esters is 1. The number of rotatable bonds is 7. The van der Waals surface area contributed by atoms with Crippen molar-refractivity contribution < 1.29 is 32.2 Å². The molecule has 0 aliphatic heterocycles. The second kappa shape index (κ2) is 9.36. The smallest absolute Gasteiger partial charge is 0.416 e. The molecule has 0 unspecified atom stereocenters. The lowest BCUT2D eigenvalue weighted by molar-refractivity contribution is -0.137. The fraction of sp³-hybridized carbons (Fsp3) is 0.300. The van der Waals surface area contributed by atoms with Crippen LogP contribution in [-0.2, 0) is 27.1 Å². The number of carbonyl (C=O) groups is 2. The van der Waals surface area contributed by atoms with Crippen molar-refractivity contribution in [3.05, 3.63) is 65.2 Å². The molecule has 0 aliphatic carbocycles. The molecule has 0 heterocycles. The van der Waals surface area contributed by atoms with Crippen molar-refractivity contribution in [1.29, 1.82) is 0 Å². The van der Waals surface area contributed by atoms with Gasteiger partial charge in [0.15, 0.2) is 6.61 Å². The molecule has 28 heavy (non-hydrogen) atoms. The highest BCUT2D eigenvalue weighted by atomic mass is 19.4. The highest BCUT2D eigenvalue weighted by Crippen LogP contribution is 2.30. The second-order valence-corrected chi connectivity index (χ2v) is 6.26. The summed E-state index contributed by atoms with van der Waals surface area (Å²) in [6.45, 7) is 3.62. The molecule has 150 valence electrons. The van der Waals surface area contributed by atoms with Gasteiger partial charge in [-0.25, -0.2) is 4.79 Å². The van der Waals surface area contributed by atoms with Crippen LogP contribution in [0.2, 0.25) is 0 Å². The molecule has 2 rings (SSSR count). The van der Waals surface area contributed by atoms with Gasteiger partial charge in [0, 0.05) is 5.69 Å². The Balaban J connectivity index is 1.86. The molecule has 0 atom stereocenters. The molecule has 0 saturated heterocycles. The van der Waals surface area contributed by atoms with Gasteiger partial charge in [-0.3, -0.25) is 4.79 Å². The Labute approximate surface area is 160 Å². The SMILES string of the molecule is CC(C)OCc1ccc(C(=O)OCC(=O)Nc2cccc(C(F)(F)F)c2)cc1. The third kappa shape index (κ3) is 6.70. The highest BCUT2D eigenvalue weighted by molar-refractivity contribution is 5.95. The first-order valence-electron chi connectivity index (χ1n) is 8.50. The summed E-state index contributed by atoms with van der Waals surface area (Å²) in [5.74, 6) is -1.45. The summed E-state index contributed by atoms with van der Waals surface area (Å²) in [7, 11) is 0. The van der Waals surface area contributed by atoms with Crippen LogP contribution in [0.5, 0.6) is 0 Å². The molecular weight excluding hydrogens is 375 g/mol. The number of halogens is 3. The number of alkyl halides is 3. The molecule has 0 aliphatic rings. The predicted molar refractivity (Wildman–Crippen MR) is 96.7 cm³/mol. The van der Waals surface area contributed by atoms with Gasteiger partial charge >= 0.3 is 12.1 Å². The Morgan fingerprint density at radius 1 is 1.07 bits per heavy atom. The van der Waals surface area contributed by atoms with E-state index in [-0.39, 0.29) is 17.4 Å². The van der Waals surface area contributed by atoms with Crippen molar-refractivity contribution in [2.75, 3.05) is 11.9 Å². The zero-order valence-corrected chi connectivity index (χ0v) is 15.4. The molecule has 0 fully saturated rings. The van der Waals surface area contributed by atoms with Gasteiger partial charge in [-0.1, -0.05) is 18.2 Å². The van der Waals surface area contributed by atoms with Gasteiger partial charge in [0.1, 0.15) is 0 Å². The van der Waals surface area contributed by atoms with Crippen LogP contribution in [0.15, 0.2) is 48.5 Å². The molecular formula is C20H20F3NO4. The number of carbonyl (C=O) groups excluding carboxylic acids is 2. The van der Waals surface area contributed by atoms with E-state index in [0.29, 0.717) is 6.61 Å². The van der Waals surface area contributed by atoms with E-state index in [0.717, 1.165) is 17.7 Å². The Bertz CT molecular complexity index is 817. The van der Waals surface area contributed by atoms with Crippen LogP contribution in [0.3, 0.4) is 0 Å². The lowest BCUT2D eigenvalue weighted by Gasteiger charge is -2.10. The van der Waals surface area contributed by atoms with Crippen molar-refractivity contribution >= 4 is 17.6 Å². The maximum absolute atomic E-state index is 12.7.